The number of hydrogen-bond donors (Lipinski definition) is 3. The summed E-state index contributed by atoms with van der Waals surface area (Å²) in [6.07, 6.45) is 0.638. The van der Waals surface area contributed by atoms with Crippen molar-refractivity contribution < 1.29 is 29.0 Å². The van der Waals surface area contributed by atoms with Crippen molar-refractivity contribution in [1.82, 2.24) is 5.32 Å². The Bertz CT molecular complexity index is 1060. The Kier molecular flexibility index (Phi) is 6.87. The van der Waals surface area contributed by atoms with Gasteiger partial charge in [-0.25, -0.2) is 4.79 Å². The van der Waals surface area contributed by atoms with E-state index in [1.54, 1.807) is 6.92 Å². The predicted molar refractivity (Wildman–Crippen MR) is 114 cm³/mol. The SMILES string of the molecule is CC(CC(Cc1ccc(-c2ccccc2)cc1)NC(=O)c1ccc(C(=O)O)o1)C(=O)O. The topological polar surface area (TPSA) is 117 Å². The van der Waals surface area contributed by atoms with Gasteiger partial charge in [-0.05, 0) is 41.7 Å². The highest BCUT2D eigenvalue weighted by Crippen LogP contribution is 2.21. The van der Waals surface area contributed by atoms with Crippen molar-refractivity contribution in [2.45, 2.75) is 25.8 Å². The summed E-state index contributed by atoms with van der Waals surface area (Å²) in [4.78, 5) is 34.8. The summed E-state index contributed by atoms with van der Waals surface area (Å²) < 4.78 is 5.05. The molecule has 0 saturated heterocycles. The highest BCUT2D eigenvalue weighted by atomic mass is 16.4. The zero-order valence-electron chi connectivity index (χ0n) is 16.9. The fraction of sp³-hybridized carbons (Fsp3) is 0.208. The first kappa shape index (κ1) is 21.8. The molecule has 0 aliphatic rings. The number of hydrogen-bond acceptors (Lipinski definition) is 4. The number of aliphatic carboxylic acids is 1. The Morgan fingerprint density at radius 3 is 2.06 bits per heavy atom. The summed E-state index contributed by atoms with van der Waals surface area (Å²) in [7, 11) is 0. The zero-order valence-corrected chi connectivity index (χ0v) is 16.9. The molecule has 7 nitrogen and oxygen atoms in total. The quantitative estimate of drug-likeness (QED) is 0.479. The average Bonchev–Trinajstić information content (AvgIpc) is 3.25. The lowest BCUT2D eigenvalue weighted by Crippen LogP contribution is -2.38. The van der Waals surface area contributed by atoms with E-state index in [-0.39, 0.29) is 17.9 Å². The van der Waals surface area contributed by atoms with Crippen molar-refractivity contribution in [3.05, 3.63) is 83.8 Å². The molecule has 160 valence electrons. The van der Waals surface area contributed by atoms with Gasteiger partial charge in [0.05, 0.1) is 5.92 Å². The number of amides is 1. The number of carboxylic acids is 2. The van der Waals surface area contributed by atoms with E-state index in [2.05, 4.69) is 5.32 Å². The van der Waals surface area contributed by atoms with Gasteiger partial charge in [0.15, 0.2) is 5.76 Å². The number of carboxylic acid groups (broad SMARTS) is 2. The third-order valence-corrected chi connectivity index (χ3v) is 4.98. The van der Waals surface area contributed by atoms with Crippen molar-refractivity contribution >= 4 is 17.8 Å². The summed E-state index contributed by atoms with van der Waals surface area (Å²) in [6, 6.07) is 19.8. The molecule has 0 aliphatic heterocycles. The second-order valence-electron chi connectivity index (χ2n) is 7.38. The molecule has 2 atom stereocenters. The van der Waals surface area contributed by atoms with E-state index >= 15 is 0 Å². The van der Waals surface area contributed by atoms with Crippen LogP contribution in [0.5, 0.6) is 0 Å². The maximum atomic E-state index is 12.5. The number of carbonyl (C=O) groups is 3. The Labute approximate surface area is 179 Å². The van der Waals surface area contributed by atoms with Gasteiger partial charge in [-0.1, -0.05) is 61.5 Å². The lowest BCUT2D eigenvalue weighted by atomic mass is 9.95. The van der Waals surface area contributed by atoms with Crippen molar-refractivity contribution in [3.8, 4) is 11.1 Å². The molecule has 3 rings (SSSR count). The average molecular weight is 421 g/mol. The molecule has 3 aromatic rings. The predicted octanol–water partition coefficient (Wildman–Crippen LogP) is 4.10. The number of rotatable bonds is 9. The van der Waals surface area contributed by atoms with Crippen molar-refractivity contribution in [2.75, 3.05) is 0 Å². The maximum Gasteiger partial charge on any atom is 0.371 e. The molecule has 31 heavy (non-hydrogen) atoms. The molecule has 0 saturated carbocycles. The minimum absolute atomic E-state index is 0.134. The van der Waals surface area contributed by atoms with Gasteiger partial charge < -0.3 is 19.9 Å². The molecule has 2 unspecified atom stereocenters. The second-order valence-corrected chi connectivity index (χ2v) is 7.38. The normalized spacial score (nSPS) is 12.7. The van der Waals surface area contributed by atoms with Crippen LogP contribution in [0.15, 0.2) is 71.1 Å². The first-order chi connectivity index (χ1) is 14.8. The molecule has 0 spiro atoms. The van der Waals surface area contributed by atoms with Crippen LogP contribution in [0.2, 0.25) is 0 Å². The minimum atomic E-state index is -1.27. The molecule has 7 heteroatoms. The highest BCUT2D eigenvalue weighted by Gasteiger charge is 2.23. The molecular weight excluding hydrogens is 398 g/mol. The number of nitrogens with one attached hydrogen (secondary N) is 1. The fourth-order valence-corrected chi connectivity index (χ4v) is 3.30. The third kappa shape index (κ3) is 5.82. The van der Waals surface area contributed by atoms with Crippen LogP contribution in [-0.4, -0.2) is 34.1 Å². The van der Waals surface area contributed by atoms with Crippen molar-refractivity contribution in [2.24, 2.45) is 5.92 Å². The van der Waals surface area contributed by atoms with Crippen molar-refractivity contribution in [3.63, 3.8) is 0 Å². The summed E-state index contributed by atoms with van der Waals surface area (Å²) >= 11 is 0. The van der Waals surface area contributed by atoms with Crippen LogP contribution in [0.1, 0.15) is 40.0 Å². The molecule has 1 amide bonds. The lowest BCUT2D eigenvalue weighted by molar-refractivity contribution is -0.141. The minimum Gasteiger partial charge on any atom is -0.481 e. The van der Waals surface area contributed by atoms with Gasteiger partial charge in [0.25, 0.3) is 5.91 Å². The Morgan fingerprint density at radius 1 is 0.871 bits per heavy atom. The van der Waals surface area contributed by atoms with Crippen molar-refractivity contribution in [1.29, 1.82) is 0 Å². The van der Waals surface area contributed by atoms with E-state index in [4.69, 9.17) is 9.52 Å². The van der Waals surface area contributed by atoms with Crippen LogP contribution in [0.3, 0.4) is 0 Å². The fourth-order valence-electron chi connectivity index (χ4n) is 3.30. The standard InChI is InChI=1S/C24H23NO6/c1-15(23(27)28)13-19(25-22(26)20-11-12-21(31-20)24(29)30)14-16-7-9-18(10-8-16)17-5-3-2-4-6-17/h2-12,15,19H,13-14H2,1H3,(H,25,26)(H,27,28)(H,29,30). The summed E-state index contributed by atoms with van der Waals surface area (Å²) in [5, 5.41) is 21.0. The molecule has 0 radical (unpaired) electrons. The number of carbonyl (C=O) groups excluding carboxylic acids is 1. The van der Waals surface area contributed by atoms with Gasteiger partial charge in [0.1, 0.15) is 0 Å². The molecular formula is C24H23NO6. The van der Waals surface area contributed by atoms with Crippen LogP contribution in [0.25, 0.3) is 11.1 Å². The number of furan rings is 1. The second kappa shape index (κ2) is 9.75. The van der Waals surface area contributed by atoms with E-state index in [0.717, 1.165) is 16.7 Å². The Morgan fingerprint density at radius 2 is 1.48 bits per heavy atom. The largest absolute Gasteiger partial charge is 0.481 e. The van der Waals surface area contributed by atoms with Crippen LogP contribution in [-0.2, 0) is 11.2 Å². The van der Waals surface area contributed by atoms with Gasteiger partial charge in [-0.3, -0.25) is 9.59 Å². The van der Waals surface area contributed by atoms with Crippen LogP contribution >= 0.6 is 0 Å². The molecule has 1 heterocycles. The van der Waals surface area contributed by atoms with Crippen LogP contribution < -0.4 is 5.32 Å². The van der Waals surface area contributed by atoms with E-state index < -0.39 is 29.8 Å². The van der Waals surface area contributed by atoms with Gasteiger partial charge >= 0.3 is 11.9 Å². The molecule has 3 N–H and O–H groups in total. The van der Waals surface area contributed by atoms with E-state index in [1.807, 2.05) is 54.6 Å². The monoisotopic (exact) mass is 421 g/mol. The van der Waals surface area contributed by atoms with Gasteiger partial charge in [-0.15, -0.1) is 0 Å². The molecule has 0 fully saturated rings. The molecule has 0 bridgehead atoms. The van der Waals surface area contributed by atoms with Gasteiger partial charge in [0.2, 0.25) is 5.76 Å². The maximum absolute atomic E-state index is 12.5. The lowest BCUT2D eigenvalue weighted by Gasteiger charge is -2.20. The summed E-state index contributed by atoms with van der Waals surface area (Å²) in [5.41, 5.74) is 3.08. The van der Waals surface area contributed by atoms with E-state index in [9.17, 15) is 19.5 Å². The Hall–Kier alpha value is -3.87. The first-order valence-corrected chi connectivity index (χ1v) is 9.84. The first-order valence-electron chi connectivity index (χ1n) is 9.84. The van der Waals surface area contributed by atoms with Crippen LogP contribution in [0, 0.1) is 5.92 Å². The summed E-state index contributed by atoms with van der Waals surface area (Å²) in [6.45, 7) is 1.58. The summed E-state index contributed by atoms with van der Waals surface area (Å²) in [5.74, 6) is -3.95. The van der Waals surface area contributed by atoms with E-state index in [1.165, 1.54) is 12.1 Å². The molecule has 0 aliphatic carbocycles. The Balaban J connectivity index is 1.74. The third-order valence-electron chi connectivity index (χ3n) is 4.98. The zero-order chi connectivity index (χ0) is 22.4. The highest BCUT2D eigenvalue weighted by molar-refractivity contribution is 5.93. The number of aromatic carboxylic acids is 1. The van der Waals surface area contributed by atoms with E-state index in [0.29, 0.717) is 6.42 Å². The number of benzene rings is 2. The molecule has 1 aromatic heterocycles. The van der Waals surface area contributed by atoms with Gasteiger partial charge in [0, 0.05) is 6.04 Å². The van der Waals surface area contributed by atoms with Crippen LogP contribution in [0.4, 0.5) is 0 Å². The smallest absolute Gasteiger partial charge is 0.371 e. The van der Waals surface area contributed by atoms with Gasteiger partial charge in [-0.2, -0.15) is 0 Å². The molecule has 2 aromatic carbocycles.